The normalized spacial score (nSPS) is 21.0. The van der Waals surface area contributed by atoms with Gasteiger partial charge < -0.3 is 9.47 Å². The molecule has 0 aliphatic heterocycles. The third-order valence-corrected chi connectivity index (χ3v) is 4.47. The number of benzene rings is 1. The molecule has 0 saturated heterocycles. The van der Waals surface area contributed by atoms with Crippen molar-refractivity contribution in [3.05, 3.63) is 36.4 Å². The van der Waals surface area contributed by atoms with Crippen molar-refractivity contribution in [2.75, 3.05) is 13.2 Å². The topological polar surface area (TPSA) is 18.5 Å². The lowest BCUT2D eigenvalue weighted by Gasteiger charge is -2.26. The SMILES string of the molecule is C=C[C@H]1CC[C@H](COc2ccc(OCCCC)c(F)c2F)CC1. The van der Waals surface area contributed by atoms with Gasteiger partial charge in [-0.15, -0.1) is 6.58 Å². The zero-order valence-electron chi connectivity index (χ0n) is 13.8. The highest BCUT2D eigenvalue weighted by Gasteiger charge is 2.21. The Morgan fingerprint density at radius 2 is 1.70 bits per heavy atom. The van der Waals surface area contributed by atoms with E-state index >= 15 is 0 Å². The summed E-state index contributed by atoms with van der Waals surface area (Å²) < 4.78 is 38.8. The molecule has 128 valence electrons. The van der Waals surface area contributed by atoms with Crippen LogP contribution in [0.25, 0.3) is 0 Å². The highest BCUT2D eigenvalue weighted by molar-refractivity contribution is 5.35. The maximum absolute atomic E-state index is 14.0. The van der Waals surface area contributed by atoms with Crippen molar-refractivity contribution in [3.8, 4) is 11.5 Å². The quantitative estimate of drug-likeness (QED) is 0.463. The summed E-state index contributed by atoms with van der Waals surface area (Å²) in [6, 6.07) is 2.90. The van der Waals surface area contributed by atoms with E-state index in [1.54, 1.807) is 0 Å². The summed E-state index contributed by atoms with van der Waals surface area (Å²) >= 11 is 0. The van der Waals surface area contributed by atoms with Gasteiger partial charge in [0.2, 0.25) is 11.6 Å². The highest BCUT2D eigenvalue weighted by Crippen LogP contribution is 2.32. The van der Waals surface area contributed by atoms with Crippen LogP contribution in [0.15, 0.2) is 24.8 Å². The van der Waals surface area contributed by atoms with Crippen LogP contribution in [-0.2, 0) is 0 Å². The smallest absolute Gasteiger partial charge is 0.204 e. The summed E-state index contributed by atoms with van der Waals surface area (Å²) in [4.78, 5) is 0. The van der Waals surface area contributed by atoms with Crippen molar-refractivity contribution in [2.45, 2.75) is 45.4 Å². The summed E-state index contributed by atoms with van der Waals surface area (Å²) in [6.07, 6.45) is 8.03. The molecule has 0 heterocycles. The Labute approximate surface area is 137 Å². The Hall–Kier alpha value is -1.58. The molecule has 0 unspecified atom stereocenters. The summed E-state index contributed by atoms with van der Waals surface area (Å²) in [6.45, 7) is 6.65. The third-order valence-electron chi connectivity index (χ3n) is 4.47. The summed E-state index contributed by atoms with van der Waals surface area (Å²) in [5.74, 6) is -1.02. The van der Waals surface area contributed by atoms with Gasteiger partial charge in [-0.3, -0.25) is 0 Å². The molecule has 2 rings (SSSR count). The van der Waals surface area contributed by atoms with E-state index in [2.05, 4.69) is 6.58 Å². The molecule has 1 aromatic rings. The van der Waals surface area contributed by atoms with Crippen LogP contribution in [-0.4, -0.2) is 13.2 Å². The van der Waals surface area contributed by atoms with Crippen LogP contribution in [0.3, 0.4) is 0 Å². The summed E-state index contributed by atoms with van der Waals surface area (Å²) in [5.41, 5.74) is 0. The minimum Gasteiger partial charge on any atom is -0.490 e. The summed E-state index contributed by atoms with van der Waals surface area (Å²) in [5, 5.41) is 0. The van der Waals surface area contributed by atoms with E-state index in [1.807, 2.05) is 13.0 Å². The molecule has 1 saturated carbocycles. The standard InChI is InChI=1S/C19H26F2O2/c1-3-5-12-22-16-10-11-17(19(21)18(16)20)23-13-15-8-6-14(4-2)7-9-15/h4,10-11,14-15H,2-3,5-9,12-13H2,1H3/t14-,15-. The molecular formula is C19H26F2O2. The van der Waals surface area contributed by atoms with Gasteiger partial charge in [0.15, 0.2) is 11.5 Å². The van der Waals surface area contributed by atoms with Crippen molar-refractivity contribution in [1.82, 2.24) is 0 Å². The fourth-order valence-electron chi connectivity index (χ4n) is 2.86. The minimum atomic E-state index is -0.964. The monoisotopic (exact) mass is 324 g/mol. The molecule has 1 aliphatic carbocycles. The Morgan fingerprint density at radius 3 is 2.26 bits per heavy atom. The molecule has 0 amide bonds. The predicted octanol–water partition coefficient (Wildman–Crippen LogP) is 5.51. The molecule has 0 atom stereocenters. The number of rotatable bonds is 8. The Morgan fingerprint density at radius 1 is 1.09 bits per heavy atom. The molecular weight excluding hydrogens is 298 g/mol. The largest absolute Gasteiger partial charge is 0.490 e. The molecule has 0 radical (unpaired) electrons. The first-order valence-corrected chi connectivity index (χ1v) is 8.51. The maximum atomic E-state index is 14.0. The molecule has 1 fully saturated rings. The van der Waals surface area contributed by atoms with Gasteiger partial charge in [-0.2, -0.15) is 8.78 Å². The van der Waals surface area contributed by atoms with E-state index < -0.39 is 11.6 Å². The molecule has 23 heavy (non-hydrogen) atoms. The van der Waals surface area contributed by atoms with Crippen molar-refractivity contribution in [1.29, 1.82) is 0 Å². The molecule has 2 nitrogen and oxygen atoms in total. The van der Waals surface area contributed by atoms with Crippen LogP contribution in [0.1, 0.15) is 45.4 Å². The fraction of sp³-hybridized carbons (Fsp3) is 0.579. The van der Waals surface area contributed by atoms with Gasteiger partial charge in [-0.25, -0.2) is 0 Å². The minimum absolute atomic E-state index is 0.0313. The van der Waals surface area contributed by atoms with Gasteiger partial charge in [0, 0.05) is 0 Å². The van der Waals surface area contributed by atoms with Gasteiger partial charge in [0.25, 0.3) is 0 Å². The van der Waals surface area contributed by atoms with Gasteiger partial charge in [0.1, 0.15) is 0 Å². The molecule has 0 aromatic heterocycles. The number of allylic oxidation sites excluding steroid dienone is 1. The van der Waals surface area contributed by atoms with Crippen LogP contribution in [0.4, 0.5) is 8.78 Å². The second-order valence-corrected chi connectivity index (χ2v) is 6.22. The van der Waals surface area contributed by atoms with Crippen molar-refractivity contribution >= 4 is 0 Å². The first kappa shape index (κ1) is 17.8. The first-order valence-electron chi connectivity index (χ1n) is 8.51. The van der Waals surface area contributed by atoms with Crippen LogP contribution in [0.5, 0.6) is 11.5 Å². The lowest BCUT2D eigenvalue weighted by molar-refractivity contribution is 0.187. The van der Waals surface area contributed by atoms with Crippen molar-refractivity contribution in [3.63, 3.8) is 0 Å². The third kappa shape index (κ3) is 4.95. The zero-order valence-corrected chi connectivity index (χ0v) is 13.8. The van der Waals surface area contributed by atoms with E-state index in [0.717, 1.165) is 38.5 Å². The Bertz CT molecular complexity index is 508. The van der Waals surface area contributed by atoms with Crippen LogP contribution in [0.2, 0.25) is 0 Å². The average Bonchev–Trinajstić information content (AvgIpc) is 2.58. The van der Waals surface area contributed by atoms with Gasteiger partial charge >= 0.3 is 0 Å². The Balaban J connectivity index is 1.88. The van der Waals surface area contributed by atoms with Crippen molar-refractivity contribution < 1.29 is 18.3 Å². The van der Waals surface area contributed by atoms with Gasteiger partial charge in [-0.05, 0) is 56.1 Å². The lowest BCUT2D eigenvalue weighted by atomic mass is 9.82. The van der Waals surface area contributed by atoms with Crippen LogP contribution in [0, 0.1) is 23.5 Å². The van der Waals surface area contributed by atoms with Crippen LogP contribution >= 0.6 is 0 Å². The second-order valence-electron chi connectivity index (χ2n) is 6.22. The van der Waals surface area contributed by atoms with E-state index in [9.17, 15) is 8.78 Å². The zero-order chi connectivity index (χ0) is 16.7. The number of halogens is 2. The van der Waals surface area contributed by atoms with E-state index in [1.165, 1.54) is 12.1 Å². The average molecular weight is 324 g/mol. The number of unbranched alkanes of at least 4 members (excludes halogenated alkanes) is 1. The maximum Gasteiger partial charge on any atom is 0.204 e. The molecule has 1 aromatic carbocycles. The number of hydrogen-bond acceptors (Lipinski definition) is 2. The van der Waals surface area contributed by atoms with E-state index in [-0.39, 0.29) is 11.5 Å². The number of hydrogen-bond donors (Lipinski definition) is 0. The molecule has 1 aliphatic rings. The predicted molar refractivity (Wildman–Crippen MR) is 87.9 cm³/mol. The molecule has 0 bridgehead atoms. The van der Waals surface area contributed by atoms with Gasteiger partial charge in [0.05, 0.1) is 13.2 Å². The van der Waals surface area contributed by atoms with E-state index in [4.69, 9.17) is 9.47 Å². The summed E-state index contributed by atoms with van der Waals surface area (Å²) in [7, 11) is 0. The molecule has 0 spiro atoms. The van der Waals surface area contributed by atoms with E-state index in [0.29, 0.717) is 25.0 Å². The highest BCUT2D eigenvalue weighted by atomic mass is 19.2. The molecule has 0 N–H and O–H groups in total. The van der Waals surface area contributed by atoms with Crippen molar-refractivity contribution in [2.24, 2.45) is 11.8 Å². The lowest BCUT2D eigenvalue weighted by Crippen LogP contribution is -2.19. The first-order chi connectivity index (χ1) is 11.2. The van der Waals surface area contributed by atoms with Crippen LogP contribution < -0.4 is 9.47 Å². The number of ether oxygens (including phenoxy) is 2. The Kier molecular flexibility index (Phi) is 6.87. The second kappa shape index (κ2) is 8.90. The fourth-order valence-corrected chi connectivity index (χ4v) is 2.86. The van der Waals surface area contributed by atoms with Gasteiger partial charge in [-0.1, -0.05) is 19.4 Å². The molecule has 4 heteroatoms.